The summed E-state index contributed by atoms with van der Waals surface area (Å²) in [4.78, 5) is 4.72. The molecule has 4 aromatic rings. The van der Waals surface area contributed by atoms with E-state index >= 15 is 0 Å². The van der Waals surface area contributed by atoms with Gasteiger partial charge in [-0.15, -0.1) is 0 Å². The third-order valence-corrected chi connectivity index (χ3v) is 5.75. The normalized spacial score (nSPS) is 15.5. The fraction of sp³-hybridized carbons (Fsp3) is 0.217. The van der Waals surface area contributed by atoms with Gasteiger partial charge in [0, 0.05) is 59.8 Å². The molecule has 4 nitrogen and oxygen atoms in total. The molecule has 1 aliphatic rings. The lowest BCUT2D eigenvalue weighted by Crippen LogP contribution is -2.45. The number of halogens is 1. The monoisotopic (exact) mass is 392 g/mol. The van der Waals surface area contributed by atoms with E-state index in [1.54, 1.807) is 0 Å². The largest absolute Gasteiger partial charge is 0.508 e. The Morgan fingerprint density at radius 3 is 2.50 bits per heavy atom. The number of nitrogens with zero attached hydrogens (tertiary/aromatic N) is 2. The molecule has 1 saturated heterocycles. The van der Waals surface area contributed by atoms with E-state index in [4.69, 9.17) is 16.0 Å². The number of rotatable bonds is 3. The van der Waals surface area contributed by atoms with Gasteiger partial charge in [0.15, 0.2) is 0 Å². The van der Waals surface area contributed by atoms with Gasteiger partial charge in [0.1, 0.15) is 16.9 Å². The molecule has 0 amide bonds. The van der Waals surface area contributed by atoms with E-state index in [1.807, 2.05) is 54.6 Å². The van der Waals surface area contributed by atoms with Crippen molar-refractivity contribution in [1.29, 1.82) is 0 Å². The predicted octanol–water partition coefficient (Wildman–Crippen LogP) is 5.27. The first-order valence-corrected chi connectivity index (χ1v) is 9.91. The van der Waals surface area contributed by atoms with Gasteiger partial charge in [-0.1, -0.05) is 35.9 Å². The third kappa shape index (κ3) is 3.19. The summed E-state index contributed by atoms with van der Waals surface area (Å²) in [5.74, 6) is 0.330. The first-order chi connectivity index (χ1) is 13.7. The highest BCUT2D eigenvalue weighted by atomic mass is 35.5. The van der Waals surface area contributed by atoms with Gasteiger partial charge >= 0.3 is 0 Å². The summed E-state index contributed by atoms with van der Waals surface area (Å²) in [6, 6.07) is 19.8. The number of benzene rings is 3. The van der Waals surface area contributed by atoms with Gasteiger partial charge in [-0.05, 0) is 36.4 Å². The van der Waals surface area contributed by atoms with Crippen molar-refractivity contribution < 1.29 is 9.52 Å². The number of hydrogen-bond donors (Lipinski definition) is 1. The second-order valence-electron chi connectivity index (χ2n) is 7.32. The van der Waals surface area contributed by atoms with Crippen LogP contribution in [0.5, 0.6) is 5.75 Å². The second kappa shape index (κ2) is 7.04. The number of phenols is 1. The lowest BCUT2D eigenvalue weighted by molar-refractivity contribution is 0.247. The molecule has 0 atom stereocenters. The molecule has 28 heavy (non-hydrogen) atoms. The van der Waals surface area contributed by atoms with Gasteiger partial charge in [0.05, 0.1) is 0 Å². The minimum atomic E-state index is 0.330. The Hall–Kier alpha value is -2.69. The maximum atomic E-state index is 10.6. The van der Waals surface area contributed by atoms with E-state index in [0.717, 1.165) is 58.7 Å². The molecule has 1 fully saturated rings. The molecule has 0 saturated carbocycles. The molecule has 5 heteroatoms. The molecule has 5 rings (SSSR count). The van der Waals surface area contributed by atoms with Gasteiger partial charge in [-0.25, -0.2) is 0 Å². The van der Waals surface area contributed by atoms with Crippen LogP contribution < -0.4 is 4.90 Å². The van der Waals surface area contributed by atoms with E-state index in [1.165, 1.54) is 5.69 Å². The van der Waals surface area contributed by atoms with E-state index in [-0.39, 0.29) is 0 Å². The minimum Gasteiger partial charge on any atom is -0.508 e. The van der Waals surface area contributed by atoms with Crippen LogP contribution in [0.1, 0.15) is 5.56 Å². The summed E-state index contributed by atoms with van der Waals surface area (Å²) in [5, 5.41) is 13.3. The second-order valence-corrected chi connectivity index (χ2v) is 7.75. The van der Waals surface area contributed by atoms with Gasteiger partial charge in [0.25, 0.3) is 0 Å². The van der Waals surface area contributed by atoms with Crippen molar-refractivity contribution in [3.63, 3.8) is 0 Å². The van der Waals surface area contributed by atoms with Crippen molar-refractivity contribution in [2.24, 2.45) is 0 Å². The first-order valence-electron chi connectivity index (χ1n) is 9.53. The molecule has 1 aliphatic heterocycles. The van der Waals surface area contributed by atoms with Crippen LogP contribution >= 0.6 is 11.6 Å². The number of hydrogen-bond acceptors (Lipinski definition) is 4. The van der Waals surface area contributed by atoms with E-state index in [0.29, 0.717) is 12.3 Å². The molecule has 0 bridgehead atoms. The summed E-state index contributed by atoms with van der Waals surface area (Å²) in [6.07, 6.45) is 0. The number of furan rings is 1. The summed E-state index contributed by atoms with van der Waals surface area (Å²) >= 11 is 6.12. The van der Waals surface area contributed by atoms with Crippen LogP contribution in [0.25, 0.3) is 21.9 Å². The minimum absolute atomic E-state index is 0.330. The molecule has 0 spiro atoms. The van der Waals surface area contributed by atoms with Crippen molar-refractivity contribution in [2.75, 3.05) is 31.1 Å². The molecule has 0 radical (unpaired) electrons. The lowest BCUT2D eigenvalue weighted by atomic mass is 10.1. The van der Waals surface area contributed by atoms with Gasteiger partial charge in [-0.2, -0.15) is 0 Å². The van der Waals surface area contributed by atoms with Crippen LogP contribution in [0.15, 0.2) is 65.1 Å². The highest BCUT2D eigenvalue weighted by Crippen LogP contribution is 2.34. The number of aromatic hydroxyl groups is 1. The predicted molar refractivity (Wildman–Crippen MR) is 114 cm³/mol. The molecule has 142 valence electrons. The Kier molecular flexibility index (Phi) is 4.38. The third-order valence-electron chi connectivity index (χ3n) is 5.52. The van der Waals surface area contributed by atoms with Crippen LogP contribution in [0.4, 0.5) is 5.69 Å². The SMILES string of the molecule is Oc1cc2c(cc1CN1CCN(c3cccc(Cl)c3)CC1)oc1ccccc12. The zero-order valence-corrected chi connectivity index (χ0v) is 16.2. The van der Waals surface area contributed by atoms with Gasteiger partial charge in [-0.3, -0.25) is 4.90 Å². The molecule has 0 aliphatic carbocycles. The fourth-order valence-corrected chi connectivity index (χ4v) is 4.19. The Morgan fingerprint density at radius 1 is 0.857 bits per heavy atom. The Morgan fingerprint density at radius 2 is 1.68 bits per heavy atom. The molecular formula is C23H21ClN2O2. The van der Waals surface area contributed by atoms with Crippen molar-refractivity contribution >= 4 is 39.2 Å². The van der Waals surface area contributed by atoms with Crippen LogP contribution in [-0.2, 0) is 6.54 Å². The van der Waals surface area contributed by atoms with E-state index in [9.17, 15) is 5.11 Å². The lowest BCUT2D eigenvalue weighted by Gasteiger charge is -2.36. The summed E-state index contributed by atoms with van der Waals surface area (Å²) < 4.78 is 5.97. The number of fused-ring (bicyclic) bond motifs is 3. The van der Waals surface area contributed by atoms with Crippen molar-refractivity contribution in [3.05, 3.63) is 71.2 Å². The summed E-state index contributed by atoms with van der Waals surface area (Å²) in [5.41, 5.74) is 3.75. The highest BCUT2D eigenvalue weighted by Gasteiger charge is 2.19. The van der Waals surface area contributed by atoms with Crippen molar-refractivity contribution in [2.45, 2.75) is 6.54 Å². The zero-order chi connectivity index (χ0) is 19.1. The quantitative estimate of drug-likeness (QED) is 0.515. The number of para-hydroxylation sites is 1. The molecule has 1 N–H and O–H groups in total. The number of phenolic OH excluding ortho intramolecular Hbond substituents is 1. The standard InChI is InChI=1S/C23H21ClN2O2/c24-17-4-3-5-18(13-17)26-10-8-25(9-11-26)15-16-12-23-20(14-21(16)27)19-6-1-2-7-22(19)28-23/h1-7,12-14,27H,8-11,15H2. The fourth-order valence-electron chi connectivity index (χ4n) is 4.01. The molecular weight excluding hydrogens is 372 g/mol. The number of piperazine rings is 1. The van der Waals surface area contributed by atoms with Crippen LogP contribution in [0, 0.1) is 0 Å². The zero-order valence-electron chi connectivity index (χ0n) is 15.4. The molecule has 2 heterocycles. The Bertz CT molecular complexity index is 1150. The first kappa shape index (κ1) is 17.4. The maximum Gasteiger partial charge on any atom is 0.136 e. The molecule has 1 aromatic heterocycles. The van der Waals surface area contributed by atoms with Crippen LogP contribution in [-0.4, -0.2) is 36.2 Å². The Labute approximate surface area is 168 Å². The average Bonchev–Trinajstić information content (AvgIpc) is 3.06. The summed E-state index contributed by atoms with van der Waals surface area (Å²) in [7, 11) is 0. The highest BCUT2D eigenvalue weighted by molar-refractivity contribution is 6.30. The average molecular weight is 393 g/mol. The van der Waals surface area contributed by atoms with Crippen molar-refractivity contribution in [1.82, 2.24) is 4.90 Å². The summed E-state index contributed by atoms with van der Waals surface area (Å²) in [6.45, 7) is 4.46. The topological polar surface area (TPSA) is 39.9 Å². The van der Waals surface area contributed by atoms with Crippen LogP contribution in [0.2, 0.25) is 5.02 Å². The van der Waals surface area contributed by atoms with E-state index < -0.39 is 0 Å². The van der Waals surface area contributed by atoms with E-state index in [2.05, 4.69) is 15.9 Å². The Balaban J connectivity index is 1.33. The van der Waals surface area contributed by atoms with Crippen molar-refractivity contribution in [3.8, 4) is 5.75 Å². The number of anilines is 1. The molecule has 0 unspecified atom stereocenters. The maximum absolute atomic E-state index is 10.6. The van der Waals surface area contributed by atoms with Gasteiger partial charge in [0.2, 0.25) is 0 Å². The molecule has 3 aromatic carbocycles. The smallest absolute Gasteiger partial charge is 0.136 e. The van der Waals surface area contributed by atoms with Crippen LogP contribution in [0.3, 0.4) is 0 Å². The van der Waals surface area contributed by atoms with Gasteiger partial charge < -0.3 is 14.4 Å².